The highest BCUT2D eigenvalue weighted by Crippen LogP contribution is 2.28. The zero-order valence-corrected chi connectivity index (χ0v) is 16.7. The molecule has 0 bridgehead atoms. The van der Waals surface area contributed by atoms with Gasteiger partial charge in [-0.2, -0.15) is 0 Å². The number of pyridine rings is 1. The fourth-order valence-corrected chi connectivity index (χ4v) is 3.71. The van der Waals surface area contributed by atoms with E-state index >= 15 is 0 Å². The molecule has 1 saturated carbocycles. The summed E-state index contributed by atoms with van der Waals surface area (Å²) in [5, 5.41) is 2.96. The van der Waals surface area contributed by atoms with Crippen molar-refractivity contribution in [3.63, 3.8) is 0 Å². The number of nitrogens with one attached hydrogen (secondary N) is 1. The maximum atomic E-state index is 12.2. The molecule has 3 aromatic rings. The number of rotatable bonds is 10. The summed E-state index contributed by atoms with van der Waals surface area (Å²) in [5.41, 5.74) is 2.70. The predicted octanol–water partition coefficient (Wildman–Crippen LogP) is 4.17. The van der Waals surface area contributed by atoms with E-state index in [1.54, 1.807) is 11.8 Å². The van der Waals surface area contributed by atoms with E-state index in [0.29, 0.717) is 12.1 Å². The zero-order chi connectivity index (χ0) is 19.2. The number of fused-ring (bicyclic) bond motifs is 1. The summed E-state index contributed by atoms with van der Waals surface area (Å²) in [5.74, 6) is 1.56. The number of carbonyl (C=O) groups excluding carboxylic acids is 1. The average molecular weight is 396 g/mol. The van der Waals surface area contributed by atoms with Gasteiger partial charge in [0, 0.05) is 48.4 Å². The van der Waals surface area contributed by atoms with Gasteiger partial charge in [0.25, 0.3) is 5.91 Å². The van der Waals surface area contributed by atoms with Gasteiger partial charge in [-0.25, -0.2) is 4.98 Å². The number of hydrogen-bond donors (Lipinski definition) is 1. The first-order valence-corrected chi connectivity index (χ1v) is 10.8. The van der Waals surface area contributed by atoms with Crippen LogP contribution in [0.1, 0.15) is 35.3 Å². The van der Waals surface area contributed by atoms with Gasteiger partial charge in [0.1, 0.15) is 5.65 Å². The van der Waals surface area contributed by atoms with Crippen LogP contribution in [-0.4, -0.2) is 35.1 Å². The molecule has 0 atom stereocenters. The number of benzene rings is 1. The molecule has 1 fully saturated rings. The van der Waals surface area contributed by atoms with Crippen LogP contribution in [0.3, 0.4) is 0 Å². The molecule has 2 aromatic heterocycles. The number of aromatic nitrogens is 2. The molecule has 1 aliphatic rings. The fraction of sp³-hybridized carbons (Fsp3) is 0.364. The standard InChI is InChI=1S/C22H25N3O2S/c26-22(23-11-3-13-27-15-17-5-6-17)18-7-9-20(10-8-18)28-16-19-14-25-12-2-1-4-21(25)24-19/h1-2,4,7-10,12,14,17H,3,5-6,11,13,15-16H2,(H,23,26). The van der Waals surface area contributed by atoms with E-state index in [4.69, 9.17) is 4.74 Å². The Labute approximate surface area is 169 Å². The lowest BCUT2D eigenvalue weighted by atomic mass is 10.2. The normalized spacial score (nSPS) is 13.7. The van der Waals surface area contributed by atoms with Gasteiger partial charge in [-0.3, -0.25) is 4.79 Å². The van der Waals surface area contributed by atoms with E-state index in [0.717, 1.165) is 47.5 Å². The predicted molar refractivity (Wildman–Crippen MR) is 112 cm³/mol. The lowest BCUT2D eigenvalue weighted by Crippen LogP contribution is -2.25. The lowest BCUT2D eigenvalue weighted by molar-refractivity contribution is 0.0937. The molecular weight excluding hydrogens is 370 g/mol. The molecule has 0 unspecified atom stereocenters. The van der Waals surface area contributed by atoms with Gasteiger partial charge in [0.05, 0.1) is 5.69 Å². The van der Waals surface area contributed by atoms with Crippen molar-refractivity contribution in [3.05, 3.63) is 66.1 Å². The third kappa shape index (κ3) is 5.36. The molecule has 5 nitrogen and oxygen atoms in total. The largest absolute Gasteiger partial charge is 0.381 e. The number of hydrogen-bond acceptors (Lipinski definition) is 4. The highest BCUT2D eigenvalue weighted by atomic mass is 32.2. The van der Waals surface area contributed by atoms with Crippen LogP contribution < -0.4 is 5.32 Å². The Morgan fingerprint density at radius 1 is 1.21 bits per heavy atom. The topological polar surface area (TPSA) is 55.6 Å². The number of amides is 1. The highest BCUT2D eigenvalue weighted by molar-refractivity contribution is 7.98. The molecule has 146 valence electrons. The molecule has 1 aliphatic carbocycles. The molecule has 28 heavy (non-hydrogen) atoms. The van der Waals surface area contributed by atoms with E-state index in [2.05, 4.69) is 16.5 Å². The number of imidazole rings is 1. The van der Waals surface area contributed by atoms with Crippen LogP contribution in [0.4, 0.5) is 0 Å². The average Bonchev–Trinajstić information content (AvgIpc) is 3.45. The molecule has 2 heterocycles. The lowest BCUT2D eigenvalue weighted by Gasteiger charge is -2.07. The minimum absolute atomic E-state index is 0.0286. The van der Waals surface area contributed by atoms with Crippen molar-refractivity contribution in [1.29, 1.82) is 0 Å². The van der Waals surface area contributed by atoms with Crippen molar-refractivity contribution < 1.29 is 9.53 Å². The van der Waals surface area contributed by atoms with Crippen molar-refractivity contribution in [2.45, 2.75) is 29.9 Å². The van der Waals surface area contributed by atoms with Crippen LogP contribution in [0.5, 0.6) is 0 Å². The summed E-state index contributed by atoms with van der Waals surface area (Å²) in [6.07, 6.45) is 7.53. The second kappa shape index (κ2) is 9.26. The fourth-order valence-electron chi connectivity index (χ4n) is 2.93. The molecule has 0 radical (unpaired) electrons. The minimum atomic E-state index is -0.0286. The van der Waals surface area contributed by atoms with E-state index in [1.807, 2.05) is 53.1 Å². The van der Waals surface area contributed by atoms with Gasteiger partial charge in [0.2, 0.25) is 0 Å². The van der Waals surface area contributed by atoms with Crippen molar-refractivity contribution in [1.82, 2.24) is 14.7 Å². The van der Waals surface area contributed by atoms with Crippen LogP contribution >= 0.6 is 11.8 Å². The number of thioether (sulfide) groups is 1. The summed E-state index contributed by atoms with van der Waals surface area (Å²) in [6.45, 7) is 2.24. The molecule has 4 rings (SSSR count). The van der Waals surface area contributed by atoms with Gasteiger partial charge >= 0.3 is 0 Å². The monoisotopic (exact) mass is 395 g/mol. The van der Waals surface area contributed by atoms with Crippen molar-refractivity contribution in [2.24, 2.45) is 5.92 Å². The smallest absolute Gasteiger partial charge is 0.251 e. The number of carbonyl (C=O) groups is 1. The Bertz CT molecular complexity index is 886. The molecular formula is C22H25N3O2S. The van der Waals surface area contributed by atoms with E-state index in [1.165, 1.54) is 12.8 Å². The van der Waals surface area contributed by atoms with Crippen molar-refractivity contribution >= 4 is 23.3 Å². The maximum Gasteiger partial charge on any atom is 0.251 e. The third-order valence-corrected chi connectivity index (χ3v) is 5.76. The van der Waals surface area contributed by atoms with E-state index < -0.39 is 0 Å². The number of ether oxygens (including phenoxy) is 1. The number of nitrogens with zero attached hydrogens (tertiary/aromatic N) is 2. The first-order chi connectivity index (χ1) is 13.8. The molecule has 1 N–H and O–H groups in total. The van der Waals surface area contributed by atoms with Gasteiger partial charge in [-0.1, -0.05) is 6.07 Å². The maximum absolute atomic E-state index is 12.2. The Morgan fingerprint density at radius 3 is 2.86 bits per heavy atom. The van der Waals surface area contributed by atoms with Gasteiger partial charge in [-0.15, -0.1) is 11.8 Å². The van der Waals surface area contributed by atoms with Crippen LogP contribution in [0.15, 0.2) is 59.8 Å². The Hall–Kier alpha value is -2.31. The molecule has 1 aromatic carbocycles. The van der Waals surface area contributed by atoms with Gasteiger partial charge < -0.3 is 14.5 Å². The SMILES string of the molecule is O=C(NCCCOCC1CC1)c1ccc(SCc2cn3ccccc3n2)cc1. The van der Waals surface area contributed by atoms with E-state index in [9.17, 15) is 4.79 Å². The Balaban J connectivity index is 1.19. The second-order valence-corrected chi connectivity index (χ2v) is 8.19. The first kappa shape index (κ1) is 19.0. The highest BCUT2D eigenvalue weighted by Gasteiger charge is 2.20. The van der Waals surface area contributed by atoms with Crippen LogP contribution in [0.2, 0.25) is 0 Å². The van der Waals surface area contributed by atoms with E-state index in [-0.39, 0.29) is 5.91 Å². The van der Waals surface area contributed by atoms with Crippen LogP contribution in [0, 0.1) is 5.92 Å². The minimum Gasteiger partial charge on any atom is -0.381 e. The quantitative estimate of drug-likeness (QED) is 0.413. The molecule has 0 spiro atoms. The van der Waals surface area contributed by atoms with Crippen molar-refractivity contribution in [3.8, 4) is 0 Å². The molecule has 0 aliphatic heterocycles. The third-order valence-electron chi connectivity index (χ3n) is 4.72. The summed E-state index contributed by atoms with van der Waals surface area (Å²) in [6, 6.07) is 13.7. The Kier molecular flexibility index (Phi) is 6.29. The second-order valence-electron chi connectivity index (χ2n) is 7.14. The Morgan fingerprint density at radius 2 is 2.07 bits per heavy atom. The van der Waals surface area contributed by atoms with Crippen LogP contribution in [-0.2, 0) is 10.5 Å². The zero-order valence-electron chi connectivity index (χ0n) is 15.8. The van der Waals surface area contributed by atoms with Gasteiger partial charge in [0.15, 0.2) is 0 Å². The molecule has 6 heteroatoms. The summed E-state index contributed by atoms with van der Waals surface area (Å²) < 4.78 is 7.61. The van der Waals surface area contributed by atoms with Crippen LogP contribution in [0.25, 0.3) is 5.65 Å². The summed E-state index contributed by atoms with van der Waals surface area (Å²) in [4.78, 5) is 18.0. The summed E-state index contributed by atoms with van der Waals surface area (Å²) >= 11 is 1.72. The van der Waals surface area contributed by atoms with Crippen molar-refractivity contribution in [2.75, 3.05) is 19.8 Å². The van der Waals surface area contributed by atoms with Gasteiger partial charge in [-0.05, 0) is 61.6 Å². The molecule has 0 saturated heterocycles. The first-order valence-electron chi connectivity index (χ1n) is 9.79. The molecule has 1 amide bonds. The summed E-state index contributed by atoms with van der Waals surface area (Å²) in [7, 11) is 0.